The van der Waals surface area contributed by atoms with E-state index in [-0.39, 0.29) is 68.9 Å². The fourth-order valence-electron chi connectivity index (χ4n) is 7.31. The topological polar surface area (TPSA) is 221 Å². The maximum absolute atomic E-state index is 13.3. The molecule has 0 unspecified atom stereocenters. The molecule has 0 bridgehead atoms. The van der Waals surface area contributed by atoms with E-state index >= 15 is 0 Å². The summed E-state index contributed by atoms with van der Waals surface area (Å²) in [6, 6.07) is 14.2. The molecule has 2 atom stereocenters. The van der Waals surface area contributed by atoms with E-state index in [1.54, 1.807) is 83.5 Å². The molecule has 2 aromatic carbocycles. The van der Waals surface area contributed by atoms with Crippen molar-refractivity contribution in [3.8, 4) is 11.1 Å². The molecular weight excluding hydrogens is 1200 g/mol. The Kier molecular flexibility index (Phi) is 30.5. The minimum atomic E-state index is -1.16. The molecule has 1 heterocycles. The van der Waals surface area contributed by atoms with E-state index in [2.05, 4.69) is 36.5 Å². The second-order valence-corrected chi connectivity index (χ2v) is 22.3. The molecule has 1 aliphatic carbocycles. The van der Waals surface area contributed by atoms with Gasteiger partial charge in [-0.15, -0.1) is 0 Å². The van der Waals surface area contributed by atoms with Crippen molar-refractivity contribution in [1.29, 1.82) is 1.34 Å². The Hall–Kier alpha value is -4.83. The van der Waals surface area contributed by atoms with Crippen LogP contribution in [-0.4, -0.2) is 175 Å². The maximum Gasteiger partial charge on any atom is 0.410 e. The molecule has 1 saturated heterocycles. The van der Waals surface area contributed by atoms with Gasteiger partial charge in [-0.3, -0.25) is 24.1 Å². The van der Waals surface area contributed by atoms with Crippen LogP contribution >= 0.6 is 0 Å². The molecule has 1 aliphatic heterocycles. The Balaban J connectivity index is 0.00000144. The second kappa shape index (κ2) is 33.5. The average molecular weight is 1290 g/mol. The molecule has 2 aromatic rings. The first-order valence-electron chi connectivity index (χ1n) is 26.1. The third-order valence-corrected chi connectivity index (χ3v) is 10.8. The van der Waals surface area contributed by atoms with E-state index in [4.69, 9.17) is 29.8 Å². The van der Waals surface area contributed by atoms with Crippen molar-refractivity contribution in [3.63, 3.8) is 0 Å². The second-order valence-electron chi connectivity index (χ2n) is 22.3. The number of likely N-dealkylation sites (N-methyl/N-ethyl adjacent to an activating group) is 2. The van der Waals surface area contributed by atoms with Crippen LogP contribution in [0.5, 0.6) is 0 Å². The zero-order chi connectivity index (χ0) is 58.0. The number of rotatable bonds is 18. The van der Waals surface area contributed by atoms with E-state index in [9.17, 15) is 33.6 Å². The summed E-state index contributed by atoms with van der Waals surface area (Å²) in [6.45, 7) is 24.8. The number of amides is 5. The molecule has 5 amide bonds. The van der Waals surface area contributed by atoms with Crippen molar-refractivity contribution in [2.75, 3.05) is 74.2 Å². The van der Waals surface area contributed by atoms with Gasteiger partial charge in [0.1, 0.15) is 35.1 Å². The van der Waals surface area contributed by atoms with Gasteiger partial charge in [-0.2, -0.15) is 0 Å². The minimum absolute atomic E-state index is 0. The first-order chi connectivity index (χ1) is 35.3. The quantitative estimate of drug-likeness (QED) is 0.0584. The van der Waals surface area contributed by atoms with Gasteiger partial charge in [0.05, 0.1) is 18.9 Å². The minimum Gasteiger partial charge on any atom is -0.460 e. The molecule has 0 spiro atoms. The van der Waals surface area contributed by atoms with Gasteiger partial charge in [0, 0.05) is 106 Å². The van der Waals surface area contributed by atoms with Crippen LogP contribution < -0.4 is 16.0 Å². The van der Waals surface area contributed by atoms with Crippen LogP contribution in [0.25, 0.3) is 11.1 Å². The molecule has 3 N–H and O–H groups in total. The predicted molar refractivity (Wildman–Crippen MR) is 291 cm³/mol. The summed E-state index contributed by atoms with van der Waals surface area (Å²) < 4.78 is 37.2. The summed E-state index contributed by atoms with van der Waals surface area (Å²) >= 11 is 0. The molecule has 2 radical (unpaired) electrons. The summed E-state index contributed by atoms with van der Waals surface area (Å²) in [7, 11) is 10.1. The fraction of sp³-hybridized carbons (Fsp3) is 0.655. The summed E-state index contributed by atoms with van der Waals surface area (Å²) in [6.07, 6.45) is 1.59. The molecule has 424 valence electrons. The first-order valence-corrected chi connectivity index (χ1v) is 25.5. The SMILES string of the molecule is C1CCOC1.CN(CCCNC(=O)[C@H](CC(=O)OC(C)(C)C)N(C)C(=O)OCC1c2ccccc2-c2ccccc21)C(=O)OC(C)(C)C.CN[C@@H](CC(=O)OC(C)(C)C)C(=O)NCCCN(C)C(=O)OC(C)(C)C.[2H][B].[U]. The number of fused-ring (bicyclic) bond motifs is 3. The number of benzene rings is 2. The average Bonchev–Trinajstić information content (AvgIpc) is 4.01. The number of ether oxygens (including phenoxy) is 6. The third-order valence-electron chi connectivity index (χ3n) is 10.8. The molecule has 2 aliphatic rings. The van der Waals surface area contributed by atoms with Crippen molar-refractivity contribution in [2.45, 2.75) is 162 Å². The molecule has 76 heavy (non-hydrogen) atoms. The normalized spacial score (nSPS) is 13.6. The van der Waals surface area contributed by atoms with E-state index in [1.165, 1.54) is 29.7 Å². The van der Waals surface area contributed by atoms with Gasteiger partial charge in [-0.1, -0.05) is 48.5 Å². The fourth-order valence-corrected chi connectivity index (χ4v) is 7.31. The van der Waals surface area contributed by atoms with E-state index < -0.39 is 70.6 Å². The van der Waals surface area contributed by atoms with Gasteiger partial charge < -0.3 is 54.2 Å². The van der Waals surface area contributed by atoms with Crippen LogP contribution in [0.2, 0.25) is 0 Å². The first kappa shape index (κ1) is 69.2. The van der Waals surface area contributed by atoms with Crippen molar-refractivity contribution in [1.82, 2.24) is 30.7 Å². The number of esters is 2. The van der Waals surface area contributed by atoms with Crippen molar-refractivity contribution in [2.24, 2.45) is 0 Å². The Labute approximate surface area is 479 Å². The van der Waals surface area contributed by atoms with Gasteiger partial charge in [0.2, 0.25) is 11.8 Å². The largest absolute Gasteiger partial charge is 0.460 e. The zero-order valence-electron chi connectivity index (χ0n) is 49.3. The molecular formula is C55H89BN6O13U. The van der Waals surface area contributed by atoms with Gasteiger partial charge >= 0.3 is 30.2 Å². The molecule has 0 aromatic heterocycles. The standard InChI is InChI=1S/C33H45N3O7.C18H35N3O5.C4H8O.BH.U/c1-32(2,3)42-28(37)20-27(29(38)34-18-13-19-35(7)30(39)43-33(4,5)6)36(8)31(40)41-21-26-24-16-11-9-14-22(24)23-15-10-12-17-25(23)26;1-17(2,3)25-14(22)12-13(19-7)15(23)20-10-9-11-21(8)16(24)26-18(4,5)6;1-2-4-5-3-1;;/h9-12,14-17,26-27H,13,18-21H2,1-8H3,(H,34,38);13,19H,9-12H2,1-8H3,(H,20,23);1-4H2;1H;/t27-;13-;;;/m00.../s1/i;;;1D;. The van der Waals surface area contributed by atoms with E-state index in [1.807, 2.05) is 57.2 Å². The summed E-state index contributed by atoms with van der Waals surface area (Å²) in [5.74, 6) is -2.00. The molecule has 4 rings (SSSR count). The van der Waals surface area contributed by atoms with Gasteiger partial charge in [0.25, 0.3) is 0 Å². The van der Waals surface area contributed by atoms with Crippen LogP contribution in [0.3, 0.4) is 0 Å². The smallest absolute Gasteiger partial charge is 0.410 e. The zero-order valence-corrected chi connectivity index (χ0v) is 52.4. The van der Waals surface area contributed by atoms with Crippen LogP contribution in [0.15, 0.2) is 48.5 Å². The van der Waals surface area contributed by atoms with Crippen molar-refractivity contribution in [3.05, 3.63) is 59.7 Å². The van der Waals surface area contributed by atoms with Crippen LogP contribution in [-0.2, 0) is 47.6 Å². The van der Waals surface area contributed by atoms with Gasteiger partial charge in [-0.05, 0) is 139 Å². The Bertz CT molecular complexity index is 2110. The van der Waals surface area contributed by atoms with E-state index in [0.717, 1.165) is 40.4 Å². The Morgan fingerprint density at radius 3 is 1.39 bits per heavy atom. The van der Waals surface area contributed by atoms with Crippen LogP contribution in [0.4, 0.5) is 14.4 Å². The number of nitrogens with zero attached hydrogens (tertiary/aromatic N) is 3. The summed E-state index contributed by atoms with van der Waals surface area (Å²) in [5, 5.41) is 8.35. The number of carbonyl (C=O) groups excluding carboxylic acids is 7. The number of hydrogen-bond acceptors (Lipinski definition) is 14. The molecule has 21 heteroatoms. The summed E-state index contributed by atoms with van der Waals surface area (Å²) in [4.78, 5) is 91.3. The molecule has 19 nitrogen and oxygen atoms in total. The van der Waals surface area contributed by atoms with Gasteiger partial charge in [0.15, 0.2) is 0 Å². The Morgan fingerprint density at radius 1 is 0.618 bits per heavy atom. The number of hydrogen-bond donors (Lipinski definition) is 3. The van der Waals surface area contributed by atoms with E-state index in [0.29, 0.717) is 32.5 Å². The monoisotopic (exact) mass is 1290 g/mol. The molecule has 0 saturated carbocycles. The van der Waals surface area contributed by atoms with Gasteiger partial charge in [-0.25, -0.2) is 14.4 Å². The third kappa shape index (κ3) is 28.0. The maximum atomic E-state index is 13.3. The van der Waals surface area contributed by atoms with Crippen LogP contribution in [0, 0.1) is 31.1 Å². The predicted octanol–water partition coefficient (Wildman–Crippen LogP) is 7.17. The molecule has 1 fully saturated rings. The Morgan fingerprint density at radius 2 is 1.01 bits per heavy atom. The number of nitrogens with one attached hydrogen (secondary N) is 3. The van der Waals surface area contributed by atoms with Crippen molar-refractivity contribution >= 4 is 50.4 Å². The summed E-state index contributed by atoms with van der Waals surface area (Å²) in [5.41, 5.74) is 1.85. The number of carbonyl (C=O) groups is 7. The van der Waals surface area contributed by atoms with Crippen molar-refractivity contribution < 1.29 is 93.1 Å². The van der Waals surface area contributed by atoms with Crippen LogP contribution in [0.1, 0.15) is 139 Å².